The average molecular weight is 995 g/mol. The third kappa shape index (κ3) is 12.0. The molecule has 0 radical (unpaired) electrons. The van der Waals surface area contributed by atoms with Crippen LogP contribution in [-0.4, -0.2) is 123 Å². The summed E-state index contributed by atoms with van der Waals surface area (Å²) in [6.07, 6.45) is 4.22. The number of ether oxygens (including phenoxy) is 5. The highest BCUT2D eigenvalue weighted by Crippen LogP contribution is 2.42. The van der Waals surface area contributed by atoms with Gasteiger partial charge in [0.1, 0.15) is 37.1 Å². The number of nitrogens with zero attached hydrogens (tertiary/aromatic N) is 4. The summed E-state index contributed by atoms with van der Waals surface area (Å²) >= 11 is 0. The van der Waals surface area contributed by atoms with Crippen LogP contribution in [0.3, 0.4) is 0 Å². The molecule has 4 aliphatic heterocycles. The minimum Gasteiger partial charge on any atom is -0.493 e. The van der Waals surface area contributed by atoms with Crippen molar-refractivity contribution in [2.75, 3.05) is 56.8 Å². The van der Waals surface area contributed by atoms with E-state index in [0.717, 1.165) is 28.8 Å². The first-order valence-corrected chi connectivity index (χ1v) is 31.1. The van der Waals surface area contributed by atoms with Crippen LogP contribution in [0.4, 0.5) is 24.5 Å². The Hall–Kier alpha value is -4.91. The van der Waals surface area contributed by atoms with Gasteiger partial charge >= 0.3 is 15.6 Å². The molecule has 0 aromatic heterocycles. The molecule has 0 N–H and O–H groups in total. The number of methoxy groups -OCH3 is 1. The van der Waals surface area contributed by atoms with Gasteiger partial charge in [-0.3, -0.25) is 33.9 Å². The third-order valence-corrected chi connectivity index (χ3v) is 16.1. The monoisotopic (exact) mass is 994 g/mol. The number of fused-ring (bicyclic) bond motifs is 4. The van der Waals surface area contributed by atoms with Crippen molar-refractivity contribution < 1.29 is 68.6 Å². The van der Waals surface area contributed by atoms with Gasteiger partial charge in [-0.15, -0.1) is 0 Å². The van der Waals surface area contributed by atoms with E-state index in [4.69, 9.17) is 23.7 Å². The van der Waals surface area contributed by atoms with E-state index in [1.807, 2.05) is 6.92 Å². The van der Waals surface area contributed by atoms with Gasteiger partial charge in [-0.05, 0) is 69.3 Å². The number of carbonyl (C=O) groups is 4. The minimum atomic E-state index is -6.05. The molecule has 2 aromatic carbocycles. The highest BCUT2D eigenvalue weighted by atomic mass is 32.2. The number of alkyl halides is 3. The largest absolute Gasteiger partial charge is 0.534 e. The molecule has 4 amide bonds. The van der Waals surface area contributed by atoms with Crippen molar-refractivity contribution in [2.45, 2.75) is 115 Å². The molecule has 4 aliphatic rings. The lowest BCUT2D eigenvalue weighted by molar-refractivity contribution is -0.123. The highest BCUT2D eigenvalue weighted by Gasteiger charge is 2.51. The molecule has 0 unspecified atom stereocenters. The Bertz CT molecular complexity index is 2420. The van der Waals surface area contributed by atoms with E-state index in [1.165, 1.54) is 27.9 Å². The van der Waals surface area contributed by atoms with Crippen LogP contribution in [0, 0.1) is 6.92 Å². The van der Waals surface area contributed by atoms with Crippen LogP contribution < -0.4 is 24.0 Å². The summed E-state index contributed by atoms with van der Waals surface area (Å²) < 4.78 is 97.5. The van der Waals surface area contributed by atoms with Gasteiger partial charge in [0.2, 0.25) is 0 Å². The fourth-order valence-corrected chi connectivity index (χ4v) is 9.83. The van der Waals surface area contributed by atoms with Crippen LogP contribution in [0.1, 0.15) is 65.3 Å². The Labute approximate surface area is 392 Å². The van der Waals surface area contributed by atoms with E-state index in [9.17, 15) is 40.8 Å². The first kappa shape index (κ1) is 51.5. The summed E-state index contributed by atoms with van der Waals surface area (Å²) in [6.45, 7) is 17.8. The number of amides is 4. The Balaban J connectivity index is 1.12. The summed E-state index contributed by atoms with van der Waals surface area (Å²) in [4.78, 5) is 61.1. The standard InChI is InChI=1S/C45H61F3N4O12SSi2/c1-29-19-36-43(55)52(28-61-16-18-67(7,8)9)35-24-40(39(59-3)22-33(35)42(54)49(36)25-29)63-14-12-10-11-13-62-38-23-34-32(20-30(38)2)41(53)50-26-31(64-65(57,58)45(46,47)48)21-37(50)44(56)51(34)27-60-15-17-66(4,5)6/h20,22-26,36-37H,10-19,21,27-28H2,1-9H3/t36-,37-/m0/s1. The van der Waals surface area contributed by atoms with Crippen LogP contribution in [0.5, 0.6) is 17.2 Å². The van der Waals surface area contributed by atoms with E-state index in [2.05, 4.69) is 43.5 Å². The predicted molar refractivity (Wildman–Crippen MR) is 249 cm³/mol. The average Bonchev–Trinajstić information content (AvgIpc) is 3.81. The fraction of sp³-hybridized carbons (Fsp3) is 0.556. The van der Waals surface area contributed by atoms with Gasteiger partial charge < -0.3 is 32.8 Å². The van der Waals surface area contributed by atoms with Gasteiger partial charge in [0, 0.05) is 60.3 Å². The van der Waals surface area contributed by atoms with Crippen molar-refractivity contribution in [2.24, 2.45) is 0 Å². The van der Waals surface area contributed by atoms with E-state index in [-0.39, 0.29) is 49.7 Å². The number of carbonyl (C=O) groups excluding carboxylic acids is 4. The molecule has 0 saturated carbocycles. The van der Waals surface area contributed by atoms with Gasteiger partial charge in [0.05, 0.1) is 42.8 Å². The number of unbranched alkanes of at least 4 members (excludes halogenated alkanes) is 2. The number of hydrogen-bond donors (Lipinski definition) is 0. The normalized spacial score (nSPS) is 18.8. The molecule has 0 aliphatic carbocycles. The fourth-order valence-electron chi connectivity index (χ4n) is 7.83. The summed E-state index contributed by atoms with van der Waals surface area (Å²) in [7, 11) is -7.51. The van der Waals surface area contributed by atoms with Crippen molar-refractivity contribution >= 4 is 61.3 Å². The Morgan fingerprint density at radius 2 is 1.15 bits per heavy atom. The zero-order chi connectivity index (χ0) is 49.2. The summed E-state index contributed by atoms with van der Waals surface area (Å²) in [5.74, 6) is -1.61. The van der Waals surface area contributed by atoms with Crippen molar-refractivity contribution in [3.05, 3.63) is 64.7 Å². The molecule has 4 heterocycles. The van der Waals surface area contributed by atoms with E-state index < -0.39 is 67.9 Å². The number of halogens is 3. The molecule has 2 aromatic rings. The SMILES string of the molecule is COc1cc2c(cc1OCCCCCOc1cc3c(cc1C)C(=O)N1C=C(OS(=O)(=O)C(F)(F)F)C[C@H]1C(=O)N3COCC[Si](C)(C)C)N(COCC[Si](C)(C)C)C(=O)[C@@H]1CC(C)=CN1C2=O. The van der Waals surface area contributed by atoms with E-state index >= 15 is 0 Å². The van der Waals surface area contributed by atoms with Gasteiger partial charge in [-0.1, -0.05) is 44.9 Å². The number of anilines is 2. The van der Waals surface area contributed by atoms with Gasteiger partial charge in [-0.2, -0.15) is 21.6 Å². The van der Waals surface area contributed by atoms with Crippen molar-refractivity contribution in [3.63, 3.8) is 0 Å². The quantitative estimate of drug-likeness (QED) is 0.0512. The Kier molecular flexibility index (Phi) is 15.6. The van der Waals surface area contributed by atoms with Gasteiger partial charge in [0.25, 0.3) is 23.6 Å². The summed E-state index contributed by atoms with van der Waals surface area (Å²) in [5.41, 5.74) is -3.35. The Morgan fingerprint density at radius 1 is 0.657 bits per heavy atom. The maximum absolute atomic E-state index is 14.1. The zero-order valence-electron chi connectivity index (χ0n) is 39.5. The second-order valence-electron chi connectivity index (χ2n) is 19.6. The van der Waals surface area contributed by atoms with Crippen LogP contribution in [-0.2, 0) is 33.4 Å². The summed E-state index contributed by atoms with van der Waals surface area (Å²) in [5, 5.41) is 0. The second-order valence-corrected chi connectivity index (χ2v) is 32.3. The molecule has 0 fully saturated rings. The van der Waals surface area contributed by atoms with E-state index in [1.54, 1.807) is 31.3 Å². The smallest absolute Gasteiger partial charge is 0.493 e. The molecule has 16 nitrogen and oxygen atoms in total. The zero-order valence-corrected chi connectivity index (χ0v) is 42.4. The summed E-state index contributed by atoms with van der Waals surface area (Å²) in [6, 6.07) is 5.96. The molecule has 0 bridgehead atoms. The highest BCUT2D eigenvalue weighted by molar-refractivity contribution is 7.87. The number of hydrogen-bond acceptors (Lipinski definition) is 12. The molecule has 368 valence electrons. The molecule has 0 saturated heterocycles. The second kappa shape index (κ2) is 20.4. The number of benzene rings is 2. The maximum atomic E-state index is 14.1. The van der Waals surface area contributed by atoms with Crippen molar-refractivity contribution in [1.82, 2.24) is 9.80 Å². The maximum Gasteiger partial charge on any atom is 0.534 e. The number of aryl methyl sites for hydroxylation is 1. The first-order valence-electron chi connectivity index (χ1n) is 22.2. The van der Waals surface area contributed by atoms with Gasteiger partial charge in [0.15, 0.2) is 11.5 Å². The lowest BCUT2D eigenvalue weighted by atomic mass is 10.1. The lowest BCUT2D eigenvalue weighted by Gasteiger charge is -2.26. The first-order chi connectivity index (χ1) is 31.3. The van der Waals surface area contributed by atoms with Crippen LogP contribution in [0.2, 0.25) is 51.4 Å². The third-order valence-electron chi connectivity index (χ3n) is 11.7. The lowest BCUT2D eigenvalue weighted by Crippen LogP contribution is -2.45. The number of rotatable bonds is 21. The molecule has 6 rings (SSSR count). The Morgan fingerprint density at radius 3 is 1.67 bits per heavy atom. The van der Waals surface area contributed by atoms with Crippen molar-refractivity contribution in [1.29, 1.82) is 0 Å². The molecule has 67 heavy (non-hydrogen) atoms. The molecule has 0 spiro atoms. The molecule has 2 atom stereocenters. The van der Waals surface area contributed by atoms with Crippen LogP contribution in [0.15, 0.2) is 48.0 Å². The molecular weight excluding hydrogens is 934 g/mol. The van der Waals surface area contributed by atoms with Crippen LogP contribution in [0.25, 0.3) is 0 Å². The van der Waals surface area contributed by atoms with Gasteiger partial charge in [-0.25, -0.2) is 0 Å². The van der Waals surface area contributed by atoms with Crippen molar-refractivity contribution in [3.8, 4) is 17.2 Å². The molecular formula is C45H61F3N4O12SSi2. The van der Waals surface area contributed by atoms with E-state index in [0.29, 0.717) is 73.0 Å². The topological polar surface area (TPSA) is 171 Å². The molecule has 22 heteroatoms. The predicted octanol–water partition coefficient (Wildman–Crippen LogP) is 7.99. The van der Waals surface area contributed by atoms with Crippen LogP contribution >= 0.6 is 0 Å². The minimum absolute atomic E-state index is 0.0191.